The third-order valence-corrected chi connectivity index (χ3v) is 5.37. The van der Waals surface area contributed by atoms with Crippen LogP contribution in [-0.4, -0.2) is 59.2 Å². The number of nitrogens with one attached hydrogen (secondary N) is 1. The summed E-state index contributed by atoms with van der Waals surface area (Å²) >= 11 is 6.10. The van der Waals surface area contributed by atoms with Gasteiger partial charge in [-0.2, -0.15) is 0 Å². The Kier molecular flexibility index (Phi) is 8.68. The molecule has 142 valence electrons. The standard InChI is InChI=1S/C17H28ClN3O3S/c1-14-15(18)8-5-9-16(14)21(25(4,23)24)13-6-10-17(22)19-11-7-12-20(2)3/h5,8-9H,6-7,10-13H2,1-4H3,(H,19,22). The average Bonchev–Trinajstić information content (AvgIpc) is 2.50. The molecule has 0 aliphatic heterocycles. The van der Waals surface area contributed by atoms with Crippen molar-refractivity contribution in [2.75, 3.05) is 44.3 Å². The number of anilines is 1. The molecule has 0 spiro atoms. The summed E-state index contributed by atoms with van der Waals surface area (Å²) in [6, 6.07) is 5.17. The van der Waals surface area contributed by atoms with Crippen LogP contribution in [-0.2, 0) is 14.8 Å². The smallest absolute Gasteiger partial charge is 0.232 e. The van der Waals surface area contributed by atoms with Gasteiger partial charge >= 0.3 is 0 Å². The van der Waals surface area contributed by atoms with Gasteiger partial charge in [-0.05, 0) is 58.1 Å². The lowest BCUT2D eigenvalue weighted by atomic mass is 10.2. The fraction of sp³-hybridized carbons (Fsp3) is 0.588. The number of carbonyl (C=O) groups is 1. The lowest BCUT2D eigenvalue weighted by Gasteiger charge is -2.24. The highest BCUT2D eigenvalue weighted by Gasteiger charge is 2.20. The molecule has 6 nitrogen and oxygen atoms in total. The normalized spacial score (nSPS) is 11.6. The van der Waals surface area contributed by atoms with Gasteiger partial charge in [-0.3, -0.25) is 9.10 Å². The second-order valence-electron chi connectivity index (χ2n) is 6.33. The second kappa shape index (κ2) is 9.99. The molecule has 1 N–H and O–H groups in total. The number of amides is 1. The second-order valence-corrected chi connectivity index (χ2v) is 8.64. The maximum atomic E-state index is 12.1. The van der Waals surface area contributed by atoms with E-state index in [9.17, 15) is 13.2 Å². The van der Waals surface area contributed by atoms with Crippen LogP contribution >= 0.6 is 11.6 Å². The fourth-order valence-corrected chi connectivity index (χ4v) is 3.61. The lowest BCUT2D eigenvalue weighted by Crippen LogP contribution is -2.33. The van der Waals surface area contributed by atoms with Gasteiger partial charge in [-0.1, -0.05) is 17.7 Å². The minimum absolute atomic E-state index is 0.0602. The van der Waals surface area contributed by atoms with E-state index in [2.05, 4.69) is 10.2 Å². The van der Waals surface area contributed by atoms with E-state index < -0.39 is 10.0 Å². The topological polar surface area (TPSA) is 69.7 Å². The van der Waals surface area contributed by atoms with Crippen LogP contribution in [0.25, 0.3) is 0 Å². The number of hydrogen-bond donors (Lipinski definition) is 1. The predicted molar refractivity (Wildman–Crippen MR) is 104 cm³/mol. The number of hydrogen-bond acceptors (Lipinski definition) is 4. The van der Waals surface area contributed by atoms with Crippen LogP contribution in [0.5, 0.6) is 0 Å². The molecule has 0 heterocycles. The molecule has 0 saturated carbocycles. The average molecular weight is 390 g/mol. The Morgan fingerprint density at radius 1 is 1.20 bits per heavy atom. The fourth-order valence-electron chi connectivity index (χ4n) is 2.43. The summed E-state index contributed by atoms with van der Waals surface area (Å²) < 4.78 is 25.6. The van der Waals surface area contributed by atoms with Crippen LogP contribution in [0.1, 0.15) is 24.8 Å². The number of carbonyl (C=O) groups excluding carboxylic acids is 1. The van der Waals surface area contributed by atoms with Crippen molar-refractivity contribution < 1.29 is 13.2 Å². The summed E-state index contributed by atoms with van der Waals surface area (Å²) in [5, 5.41) is 3.37. The van der Waals surface area contributed by atoms with E-state index in [1.165, 1.54) is 4.31 Å². The number of halogens is 1. The monoisotopic (exact) mass is 389 g/mol. The van der Waals surface area contributed by atoms with E-state index in [0.717, 1.165) is 19.2 Å². The molecule has 0 atom stereocenters. The van der Waals surface area contributed by atoms with Gasteiger partial charge < -0.3 is 10.2 Å². The van der Waals surface area contributed by atoms with Gasteiger partial charge in [-0.25, -0.2) is 8.42 Å². The third kappa shape index (κ3) is 7.63. The molecule has 1 aromatic rings. The Balaban J connectivity index is 2.59. The molecule has 0 fully saturated rings. The lowest BCUT2D eigenvalue weighted by molar-refractivity contribution is -0.121. The zero-order valence-corrected chi connectivity index (χ0v) is 17.0. The molecule has 0 aromatic heterocycles. The SMILES string of the molecule is Cc1c(Cl)cccc1N(CCCC(=O)NCCCN(C)C)S(C)(=O)=O. The Morgan fingerprint density at radius 2 is 1.88 bits per heavy atom. The van der Waals surface area contributed by atoms with Gasteiger partial charge in [0.1, 0.15) is 0 Å². The van der Waals surface area contributed by atoms with Gasteiger partial charge in [-0.15, -0.1) is 0 Å². The summed E-state index contributed by atoms with van der Waals surface area (Å²) in [4.78, 5) is 13.9. The minimum Gasteiger partial charge on any atom is -0.356 e. The van der Waals surface area contributed by atoms with Crippen LogP contribution in [0.2, 0.25) is 5.02 Å². The molecule has 1 amide bonds. The predicted octanol–water partition coefficient (Wildman–Crippen LogP) is 2.26. The summed E-state index contributed by atoms with van der Waals surface area (Å²) in [7, 11) is 0.523. The Bertz CT molecular complexity index is 678. The first-order valence-corrected chi connectivity index (χ1v) is 10.5. The quantitative estimate of drug-likeness (QED) is 0.623. The number of rotatable bonds is 10. The van der Waals surface area contributed by atoms with Crippen molar-refractivity contribution in [1.29, 1.82) is 0 Å². The van der Waals surface area contributed by atoms with Crippen LogP contribution in [0.3, 0.4) is 0 Å². The highest BCUT2D eigenvalue weighted by molar-refractivity contribution is 7.92. The number of benzene rings is 1. The first-order chi connectivity index (χ1) is 11.6. The minimum atomic E-state index is -3.45. The Morgan fingerprint density at radius 3 is 2.48 bits per heavy atom. The van der Waals surface area contributed by atoms with Crippen molar-refractivity contribution in [2.45, 2.75) is 26.2 Å². The van der Waals surface area contributed by atoms with Crippen molar-refractivity contribution in [3.05, 3.63) is 28.8 Å². The Labute approximate surface area is 156 Å². The summed E-state index contributed by atoms with van der Waals surface area (Å²) in [6.07, 6.45) is 2.77. The molecule has 1 aromatic carbocycles. The summed E-state index contributed by atoms with van der Waals surface area (Å²) in [5.74, 6) is -0.0602. The van der Waals surface area contributed by atoms with E-state index in [-0.39, 0.29) is 18.9 Å². The molecule has 0 bridgehead atoms. The van der Waals surface area contributed by atoms with Gasteiger partial charge in [0.05, 0.1) is 11.9 Å². The maximum absolute atomic E-state index is 12.1. The van der Waals surface area contributed by atoms with E-state index in [1.54, 1.807) is 25.1 Å². The van der Waals surface area contributed by atoms with Crippen molar-refractivity contribution in [1.82, 2.24) is 10.2 Å². The van der Waals surface area contributed by atoms with Crippen LogP contribution in [0, 0.1) is 6.92 Å². The van der Waals surface area contributed by atoms with Crippen molar-refractivity contribution in [2.24, 2.45) is 0 Å². The summed E-state index contributed by atoms with van der Waals surface area (Å²) in [6.45, 7) is 3.56. The molecule has 0 aliphatic carbocycles. The highest BCUT2D eigenvalue weighted by atomic mass is 35.5. The molecule has 0 radical (unpaired) electrons. The van der Waals surface area contributed by atoms with Crippen molar-refractivity contribution in [3.63, 3.8) is 0 Å². The van der Waals surface area contributed by atoms with E-state index in [0.29, 0.717) is 29.2 Å². The van der Waals surface area contributed by atoms with Gasteiger partial charge in [0.25, 0.3) is 0 Å². The van der Waals surface area contributed by atoms with Crippen LogP contribution in [0.15, 0.2) is 18.2 Å². The molecule has 25 heavy (non-hydrogen) atoms. The third-order valence-electron chi connectivity index (χ3n) is 3.78. The molecule has 1 rings (SSSR count). The first-order valence-electron chi connectivity index (χ1n) is 8.27. The van der Waals surface area contributed by atoms with E-state index >= 15 is 0 Å². The van der Waals surface area contributed by atoms with Crippen molar-refractivity contribution >= 4 is 33.2 Å². The maximum Gasteiger partial charge on any atom is 0.232 e. The highest BCUT2D eigenvalue weighted by Crippen LogP contribution is 2.28. The number of sulfonamides is 1. The van der Waals surface area contributed by atoms with Crippen molar-refractivity contribution in [3.8, 4) is 0 Å². The van der Waals surface area contributed by atoms with Crippen LogP contribution in [0.4, 0.5) is 5.69 Å². The molecule has 0 saturated heterocycles. The first kappa shape index (κ1) is 21.7. The molecule has 8 heteroatoms. The largest absolute Gasteiger partial charge is 0.356 e. The molecular formula is C17H28ClN3O3S. The molecule has 0 unspecified atom stereocenters. The van der Waals surface area contributed by atoms with E-state index in [1.807, 2.05) is 14.1 Å². The van der Waals surface area contributed by atoms with Gasteiger partial charge in [0.2, 0.25) is 15.9 Å². The number of nitrogens with zero attached hydrogens (tertiary/aromatic N) is 2. The molecule has 0 aliphatic rings. The van der Waals surface area contributed by atoms with Crippen LogP contribution < -0.4 is 9.62 Å². The van der Waals surface area contributed by atoms with Gasteiger partial charge in [0, 0.05) is 24.5 Å². The van der Waals surface area contributed by atoms with E-state index in [4.69, 9.17) is 11.6 Å². The summed E-state index contributed by atoms with van der Waals surface area (Å²) in [5.41, 5.74) is 1.27. The zero-order valence-electron chi connectivity index (χ0n) is 15.4. The zero-order chi connectivity index (χ0) is 19.0. The Hall–Kier alpha value is -1.31. The molecular weight excluding hydrogens is 362 g/mol. The van der Waals surface area contributed by atoms with Gasteiger partial charge in [0.15, 0.2) is 0 Å².